The van der Waals surface area contributed by atoms with E-state index in [9.17, 15) is 44.7 Å². The van der Waals surface area contributed by atoms with Crippen LogP contribution < -0.4 is 10.5 Å². The van der Waals surface area contributed by atoms with Crippen molar-refractivity contribution in [2.45, 2.75) is 101 Å². The highest BCUT2D eigenvalue weighted by Crippen LogP contribution is 2.52. The summed E-state index contributed by atoms with van der Waals surface area (Å²) >= 11 is 0. The average molecular weight is 853 g/mol. The molecule has 62 heavy (non-hydrogen) atoms. The molecule has 14 heteroatoms. The second-order valence-electron chi connectivity index (χ2n) is 16.6. The van der Waals surface area contributed by atoms with E-state index in [-0.39, 0.29) is 40.2 Å². The molecule has 1 fully saturated rings. The van der Waals surface area contributed by atoms with Gasteiger partial charge in [0.25, 0.3) is 0 Å². The molecule has 1 aliphatic heterocycles. The van der Waals surface area contributed by atoms with Crippen LogP contribution in [0.1, 0.15) is 107 Å². The monoisotopic (exact) mass is 852 g/mol. The average Bonchev–Trinajstić information content (AvgIpc) is 3.27. The van der Waals surface area contributed by atoms with Crippen molar-refractivity contribution in [1.82, 2.24) is 4.90 Å². The van der Waals surface area contributed by atoms with Crippen molar-refractivity contribution < 1.29 is 58.9 Å². The van der Waals surface area contributed by atoms with Crippen molar-refractivity contribution >= 4 is 23.1 Å². The van der Waals surface area contributed by atoms with Crippen molar-refractivity contribution in [3.8, 4) is 17.2 Å². The zero-order chi connectivity index (χ0) is 45.3. The van der Waals surface area contributed by atoms with E-state index in [1.807, 2.05) is 43.3 Å². The quantitative estimate of drug-likeness (QED) is 0.0964. The van der Waals surface area contributed by atoms with Gasteiger partial charge in [0.2, 0.25) is 5.78 Å². The summed E-state index contributed by atoms with van der Waals surface area (Å²) in [4.78, 5) is 55.1. The number of ketones is 4. The number of hydrogen-bond donors (Lipinski definition) is 6. The number of methoxy groups -OCH3 is 1. The molecule has 3 aliphatic rings. The molecule has 4 aromatic rings. The van der Waals surface area contributed by atoms with E-state index in [0.717, 1.165) is 17.5 Å². The fourth-order valence-electron chi connectivity index (χ4n) is 8.96. The van der Waals surface area contributed by atoms with Crippen LogP contribution >= 0.6 is 0 Å². The number of carbonyl (C=O) groups is 4. The van der Waals surface area contributed by atoms with Gasteiger partial charge in [-0.3, -0.25) is 19.2 Å². The Labute approximate surface area is 360 Å². The Hall–Kier alpha value is -5.32. The van der Waals surface area contributed by atoms with E-state index in [1.165, 1.54) is 25.3 Å². The third kappa shape index (κ3) is 8.31. The van der Waals surface area contributed by atoms with Gasteiger partial charge in [0.05, 0.1) is 47.5 Å². The largest absolute Gasteiger partial charge is 0.507 e. The van der Waals surface area contributed by atoms with Gasteiger partial charge in [0, 0.05) is 54.5 Å². The molecule has 0 bridgehead atoms. The van der Waals surface area contributed by atoms with Gasteiger partial charge in [0.1, 0.15) is 35.2 Å². The Morgan fingerprint density at radius 2 is 1.53 bits per heavy atom. The van der Waals surface area contributed by atoms with Crippen molar-refractivity contribution in [3.63, 3.8) is 0 Å². The number of aliphatic hydroxyl groups excluding tert-OH is 2. The summed E-state index contributed by atoms with van der Waals surface area (Å²) in [5, 5.41) is 53.7. The number of hydrogen-bond acceptors (Lipinski definition) is 14. The predicted octanol–water partition coefficient (Wildman–Crippen LogP) is 4.29. The maximum atomic E-state index is 13.6. The first-order chi connectivity index (χ1) is 29.4. The van der Waals surface area contributed by atoms with E-state index in [4.69, 9.17) is 19.9 Å². The van der Waals surface area contributed by atoms with E-state index in [2.05, 4.69) is 50.2 Å². The van der Waals surface area contributed by atoms with Crippen LogP contribution in [0, 0.1) is 0 Å². The highest BCUT2D eigenvalue weighted by atomic mass is 16.7. The lowest BCUT2D eigenvalue weighted by Crippen LogP contribution is -2.53. The molecule has 7 atom stereocenters. The molecule has 14 nitrogen and oxygen atoms in total. The zero-order valence-electron chi connectivity index (χ0n) is 35.8. The molecule has 1 heterocycles. The summed E-state index contributed by atoms with van der Waals surface area (Å²) in [7, 11) is 5.46. The molecule has 0 saturated carbocycles. The molecule has 0 amide bonds. The van der Waals surface area contributed by atoms with Crippen molar-refractivity contribution in [1.29, 1.82) is 0 Å². The Morgan fingerprint density at radius 3 is 2.06 bits per heavy atom. The lowest BCUT2D eigenvalue weighted by Gasteiger charge is -2.42. The first kappa shape index (κ1) is 46.2. The van der Waals surface area contributed by atoms with E-state index in [0.29, 0.717) is 12.5 Å². The Balaban J connectivity index is 0.000000238. The normalized spacial score (nSPS) is 23.6. The minimum atomic E-state index is -2.24. The van der Waals surface area contributed by atoms with Crippen molar-refractivity contribution in [2.24, 2.45) is 5.73 Å². The first-order valence-corrected chi connectivity index (χ1v) is 20.7. The Kier molecular flexibility index (Phi) is 13.8. The lowest BCUT2D eigenvalue weighted by molar-refractivity contribution is -0.247. The third-order valence-corrected chi connectivity index (χ3v) is 12.6. The number of aliphatic hydroxyl groups is 3. The van der Waals surface area contributed by atoms with Crippen molar-refractivity contribution in [2.75, 3.05) is 27.8 Å². The van der Waals surface area contributed by atoms with Gasteiger partial charge < -0.3 is 50.4 Å². The summed E-state index contributed by atoms with van der Waals surface area (Å²) in [6.45, 7) is 4.71. The van der Waals surface area contributed by atoms with Crippen LogP contribution in [0.2, 0.25) is 0 Å². The van der Waals surface area contributed by atoms with Crippen LogP contribution in [0.3, 0.4) is 0 Å². The molecule has 4 aromatic carbocycles. The van der Waals surface area contributed by atoms with Gasteiger partial charge in [-0.25, -0.2) is 0 Å². The number of rotatable bonds is 12. The molecule has 1 unspecified atom stereocenters. The van der Waals surface area contributed by atoms with E-state index in [1.54, 1.807) is 6.92 Å². The number of phenolic OH excluding ortho intramolecular Hbond substituents is 2. The predicted molar refractivity (Wildman–Crippen MR) is 228 cm³/mol. The summed E-state index contributed by atoms with van der Waals surface area (Å²) in [5.41, 5.74) is 3.97. The van der Waals surface area contributed by atoms with Gasteiger partial charge in [-0.15, -0.1) is 0 Å². The van der Waals surface area contributed by atoms with Crippen LogP contribution in [-0.2, 0) is 30.9 Å². The molecular weight excluding hydrogens is 797 g/mol. The third-order valence-electron chi connectivity index (χ3n) is 12.6. The Bertz CT molecular complexity index is 2260. The minimum Gasteiger partial charge on any atom is -0.507 e. The number of carbonyl (C=O) groups excluding carboxylic acids is 4. The number of fused-ring (bicyclic) bond motifs is 3. The molecule has 330 valence electrons. The topological polar surface area (TPSA) is 226 Å². The van der Waals surface area contributed by atoms with Crippen LogP contribution in [0.15, 0.2) is 78.9 Å². The number of phenols is 2. The highest BCUT2D eigenvalue weighted by molar-refractivity contribution is 6.31. The number of nitrogens with two attached hydrogens (primary N) is 1. The molecule has 2 aliphatic carbocycles. The molecule has 7 N–H and O–H groups in total. The summed E-state index contributed by atoms with van der Waals surface area (Å²) in [5.74, 6) is -3.49. The minimum absolute atomic E-state index is 0.0173. The summed E-state index contributed by atoms with van der Waals surface area (Å²) in [6.07, 6.45) is -3.81. The maximum absolute atomic E-state index is 13.6. The van der Waals surface area contributed by atoms with E-state index < -0.39 is 101 Å². The van der Waals surface area contributed by atoms with Crippen LogP contribution in [0.4, 0.5) is 0 Å². The number of nitrogens with zero attached hydrogens (tertiary/aromatic N) is 1. The van der Waals surface area contributed by atoms with Crippen molar-refractivity contribution in [3.05, 3.63) is 123 Å². The van der Waals surface area contributed by atoms with Gasteiger partial charge >= 0.3 is 0 Å². The highest BCUT2D eigenvalue weighted by Gasteiger charge is 2.50. The second-order valence-corrected chi connectivity index (χ2v) is 16.6. The van der Waals surface area contributed by atoms with E-state index >= 15 is 0 Å². The maximum Gasteiger partial charge on any atom is 0.202 e. The molecule has 0 aromatic heterocycles. The fourth-order valence-corrected chi connectivity index (χ4v) is 8.96. The number of Topliss-reactive ketones (excluding diaryl/α,β-unsaturated/α-hetero) is 2. The van der Waals surface area contributed by atoms with Gasteiger partial charge in [-0.2, -0.15) is 0 Å². The first-order valence-electron chi connectivity index (χ1n) is 20.7. The van der Waals surface area contributed by atoms with Crippen LogP contribution in [0.5, 0.6) is 17.2 Å². The molecular formula is C48H56N2O12. The second kappa shape index (κ2) is 18.6. The smallest absolute Gasteiger partial charge is 0.202 e. The molecule has 7 rings (SSSR count). The SMILES string of the molecule is CCC(=O)C(CC(C)N(C)C)(c1ccccc1)c1ccccc1.COc1cccc2c1C(=O)c1c(O)c3c(c(O)c1C2=O)C[C@@](O)(C(=O)CO)C[C@@H]3O[C@H]1C[C@H](N)[C@H](O)[C@H](C)O1. The number of benzene rings is 4. The standard InChI is InChI=1S/C27H29NO11.C21H27NO/c1-10-22(31)13(28)6-17(38-10)39-15-8-27(36,16(30)9-29)7-12-19(15)26(35)21-20(24(12)33)23(32)11-4-3-5-14(37-2)18(11)25(21)34;1-5-20(23)21(16-17(2)22(3)4,18-12-8-6-9-13-18)19-14-10-7-11-15-19/h3-5,10,13,15,17,22,29,31,33,35-36H,6-9,28H2,1-2H3;6-15,17H,5,16H2,1-4H3/t10-,13-,15-,17-,22+,27-;/m0./s1. The Morgan fingerprint density at radius 1 is 0.935 bits per heavy atom. The van der Waals surface area contributed by atoms with Gasteiger partial charge in [0.15, 0.2) is 17.9 Å². The summed E-state index contributed by atoms with van der Waals surface area (Å²) < 4.78 is 17.0. The number of ether oxygens (including phenoxy) is 3. The molecule has 0 radical (unpaired) electrons. The molecule has 0 spiro atoms. The van der Waals surface area contributed by atoms with Gasteiger partial charge in [-0.1, -0.05) is 79.7 Å². The van der Waals surface area contributed by atoms with Crippen LogP contribution in [-0.4, -0.2) is 118 Å². The summed E-state index contributed by atoms with van der Waals surface area (Å²) in [6, 6.07) is 24.4. The number of aromatic hydroxyl groups is 2. The van der Waals surface area contributed by atoms with Crippen LogP contribution in [0.25, 0.3) is 0 Å². The lowest BCUT2D eigenvalue weighted by atomic mass is 9.67. The fraction of sp³-hybridized carbons (Fsp3) is 0.417. The molecule has 1 saturated heterocycles. The zero-order valence-corrected chi connectivity index (χ0v) is 35.8. The van der Waals surface area contributed by atoms with Gasteiger partial charge in [-0.05, 0) is 51.6 Å².